The van der Waals surface area contributed by atoms with Crippen LogP contribution in [-0.2, 0) is 34.5 Å². The third kappa shape index (κ3) is 3.09. The molecule has 26 heavy (non-hydrogen) atoms. The summed E-state index contributed by atoms with van der Waals surface area (Å²) in [6.07, 6.45) is 7.77. The fourth-order valence-corrected chi connectivity index (χ4v) is 4.22. The molecule has 6 nitrogen and oxygen atoms in total. The number of aromatic amines is 1. The van der Waals surface area contributed by atoms with E-state index in [9.17, 15) is 0 Å². The molecule has 4 rings (SSSR count). The quantitative estimate of drug-likeness (QED) is 0.888. The van der Waals surface area contributed by atoms with E-state index in [4.69, 9.17) is 9.47 Å². The molecule has 1 atom stereocenters. The Bertz CT molecular complexity index is 775. The van der Waals surface area contributed by atoms with E-state index in [1.54, 1.807) is 6.33 Å². The molecule has 0 saturated heterocycles. The number of ether oxygens (including phenoxy) is 2. The van der Waals surface area contributed by atoms with Crippen molar-refractivity contribution in [3.8, 4) is 0 Å². The zero-order chi connectivity index (χ0) is 18.4. The van der Waals surface area contributed by atoms with Crippen LogP contribution in [0.5, 0.6) is 0 Å². The summed E-state index contributed by atoms with van der Waals surface area (Å²) in [6, 6.07) is 0. The van der Waals surface area contributed by atoms with Crippen molar-refractivity contribution in [1.82, 2.24) is 19.5 Å². The van der Waals surface area contributed by atoms with Gasteiger partial charge in [0.2, 0.25) is 0 Å². The number of nitrogens with one attached hydrogen (secondary N) is 1. The lowest BCUT2D eigenvalue weighted by Gasteiger charge is -2.39. The highest BCUT2D eigenvalue weighted by molar-refractivity contribution is 5.19. The third-order valence-corrected chi connectivity index (χ3v) is 6.05. The van der Waals surface area contributed by atoms with Gasteiger partial charge in [0.05, 0.1) is 49.6 Å². The van der Waals surface area contributed by atoms with Crippen molar-refractivity contribution >= 4 is 0 Å². The Hall–Kier alpha value is -1.66. The van der Waals surface area contributed by atoms with Gasteiger partial charge in [0.15, 0.2) is 0 Å². The maximum Gasteiger partial charge on any atom is 0.106 e. The lowest BCUT2D eigenvalue weighted by atomic mass is 9.76. The molecule has 2 aromatic rings. The Labute approximate surface area is 155 Å². The van der Waals surface area contributed by atoms with Gasteiger partial charge in [0.1, 0.15) is 6.10 Å². The first-order chi connectivity index (χ1) is 12.4. The molecule has 142 valence electrons. The largest absolute Gasteiger partial charge is 0.375 e. The molecule has 0 fully saturated rings. The number of aromatic nitrogens is 4. The topological polar surface area (TPSA) is 65.0 Å². The highest BCUT2D eigenvalue weighted by Crippen LogP contribution is 2.44. The molecular formula is C20H30N4O2. The van der Waals surface area contributed by atoms with E-state index in [1.807, 2.05) is 6.33 Å². The normalized spacial score (nSPS) is 20.7. The molecule has 2 aromatic heterocycles. The van der Waals surface area contributed by atoms with Crippen LogP contribution in [0.15, 0.2) is 12.7 Å². The summed E-state index contributed by atoms with van der Waals surface area (Å²) in [7, 11) is 0. The van der Waals surface area contributed by atoms with Gasteiger partial charge in [-0.3, -0.25) is 0 Å². The molecule has 0 saturated carbocycles. The monoisotopic (exact) mass is 358 g/mol. The molecule has 6 heteroatoms. The van der Waals surface area contributed by atoms with E-state index in [-0.39, 0.29) is 17.1 Å². The predicted molar refractivity (Wildman–Crippen MR) is 98.9 cm³/mol. The lowest BCUT2D eigenvalue weighted by Crippen LogP contribution is -2.34. The summed E-state index contributed by atoms with van der Waals surface area (Å²) in [5.74, 6) is 0. The minimum atomic E-state index is -0.0123. The number of fused-ring (bicyclic) bond motifs is 2. The molecule has 2 aliphatic heterocycles. The molecule has 2 aliphatic rings. The summed E-state index contributed by atoms with van der Waals surface area (Å²) in [6.45, 7) is 11.4. The Morgan fingerprint density at radius 1 is 1.15 bits per heavy atom. The summed E-state index contributed by atoms with van der Waals surface area (Å²) < 4.78 is 14.1. The van der Waals surface area contributed by atoms with Crippen molar-refractivity contribution < 1.29 is 9.47 Å². The molecule has 0 aliphatic carbocycles. The lowest BCUT2D eigenvalue weighted by molar-refractivity contribution is -0.0468. The van der Waals surface area contributed by atoms with Crippen LogP contribution in [0.4, 0.5) is 0 Å². The first-order valence-corrected chi connectivity index (χ1v) is 9.65. The molecule has 0 amide bonds. The van der Waals surface area contributed by atoms with E-state index < -0.39 is 0 Å². The second-order valence-electron chi connectivity index (χ2n) is 8.88. The van der Waals surface area contributed by atoms with E-state index >= 15 is 0 Å². The van der Waals surface area contributed by atoms with Gasteiger partial charge in [0.25, 0.3) is 0 Å². The van der Waals surface area contributed by atoms with Crippen molar-refractivity contribution in [2.75, 3.05) is 13.2 Å². The molecule has 1 N–H and O–H groups in total. The smallest absolute Gasteiger partial charge is 0.106 e. The SMILES string of the molecule is CC(C)(CCC(C)(C)n1cnc2c1COCC2)C1OCCc2[nH]cnc21. The number of imidazole rings is 2. The van der Waals surface area contributed by atoms with Crippen molar-refractivity contribution in [1.29, 1.82) is 0 Å². The molecule has 4 heterocycles. The first kappa shape index (κ1) is 17.7. The molecular weight excluding hydrogens is 328 g/mol. The predicted octanol–water partition coefficient (Wildman–Crippen LogP) is 3.53. The second-order valence-corrected chi connectivity index (χ2v) is 8.88. The van der Waals surface area contributed by atoms with E-state index in [2.05, 4.69) is 47.2 Å². The molecule has 1 unspecified atom stereocenters. The number of nitrogens with zero attached hydrogens (tertiary/aromatic N) is 3. The fraction of sp³-hybridized carbons (Fsp3) is 0.700. The van der Waals surface area contributed by atoms with Crippen LogP contribution < -0.4 is 0 Å². The van der Waals surface area contributed by atoms with Crippen LogP contribution in [0.25, 0.3) is 0 Å². The molecule has 0 spiro atoms. The summed E-state index contributed by atoms with van der Waals surface area (Å²) in [4.78, 5) is 12.4. The van der Waals surface area contributed by atoms with Crippen molar-refractivity contribution in [2.24, 2.45) is 5.41 Å². The number of H-pyrrole nitrogens is 1. The van der Waals surface area contributed by atoms with Gasteiger partial charge in [0, 0.05) is 24.1 Å². The highest BCUT2D eigenvalue weighted by atomic mass is 16.5. The van der Waals surface area contributed by atoms with Gasteiger partial charge in [-0.25, -0.2) is 9.97 Å². The number of hydrogen-bond acceptors (Lipinski definition) is 4. The van der Waals surface area contributed by atoms with Gasteiger partial charge in [-0.15, -0.1) is 0 Å². The van der Waals surface area contributed by atoms with Crippen LogP contribution in [-0.4, -0.2) is 32.7 Å². The van der Waals surface area contributed by atoms with Crippen molar-refractivity contribution in [3.63, 3.8) is 0 Å². The van der Waals surface area contributed by atoms with Gasteiger partial charge in [-0.1, -0.05) is 13.8 Å². The average molecular weight is 358 g/mol. The second kappa shape index (κ2) is 6.50. The summed E-state index contributed by atoms with van der Waals surface area (Å²) in [5.41, 5.74) is 4.75. The molecule has 0 radical (unpaired) electrons. The number of hydrogen-bond donors (Lipinski definition) is 1. The third-order valence-electron chi connectivity index (χ3n) is 6.05. The maximum atomic E-state index is 6.15. The Balaban J connectivity index is 1.50. The van der Waals surface area contributed by atoms with Crippen LogP contribution in [0.1, 0.15) is 69.4 Å². The van der Waals surface area contributed by atoms with Gasteiger partial charge in [-0.2, -0.15) is 0 Å². The van der Waals surface area contributed by atoms with Gasteiger partial charge >= 0.3 is 0 Å². The van der Waals surface area contributed by atoms with Gasteiger partial charge < -0.3 is 19.0 Å². The van der Waals surface area contributed by atoms with E-state index in [1.165, 1.54) is 17.1 Å². The Morgan fingerprint density at radius 3 is 2.85 bits per heavy atom. The minimum absolute atomic E-state index is 0.0123. The summed E-state index contributed by atoms with van der Waals surface area (Å²) >= 11 is 0. The average Bonchev–Trinajstić information content (AvgIpc) is 3.26. The zero-order valence-electron chi connectivity index (χ0n) is 16.3. The zero-order valence-corrected chi connectivity index (χ0v) is 16.3. The Kier molecular flexibility index (Phi) is 4.43. The van der Waals surface area contributed by atoms with E-state index in [0.29, 0.717) is 6.61 Å². The van der Waals surface area contributed by atoms with Crippen LogP contribution >= 0.6 is 0 Å². The van der Waals surface area contributed by atoms with Crippen LogP contribution in [0.3, 0.4) is 0 Å². The highest BCUT2D eigenvalue weighted by Gasteiger charge is 2.38. The maximum absolute atomic E-state index is 6.15. The summed E-state index contributed by atoms with van der Waals surface area (Å²) in [5, 5.41) is 0. The first-order valence-electron chi connectivity index (χ1n) is 9.65. The van der Waals surface area contributed by atoms with Crippen LogP contribution in [0, 0.1) is 5.41 Å². The standard InChI is InChI=1S/C20H30N4O2/c1-19(2,18-17-15(6-10-26-18)21-12-22-17)7-8-20(3,4)24-13-23-14-5-9-25-11-16(14)24/h12-13,18H,5-11H2,1-4H3,(H,21,22). The fourth-order valence-electron chi connectivity index (χ4n) is 4.22. The van der Waals surface area contributed by atoms with Crippen molar-refractivity contribution in [3.05, 3.63) is 35.4 Å². The molecule has 0 aromatic carbocycles. The van der Waals surface area contributed by atoms with Gasteiger partial charge in [-0.05, 0) is 32.1 Å². The van der Waals surface area contributed by atoms with Crippen molar-refractivity contribution in [2.45, 2.75) is 71.6 Å². The minimum Gasteiger partial charge on any atom is -0.375 e. The number of rotatable bonds is 5. The van der Waals surface area contributed by atoms with E-state index in [0.717, 1.165) is 44.6 Å². The van der Waals surface area contributed by atoms with Crippen LogP contribution in [0.2, 0.25) is 0 Å². The molecule has 0 bridgehead atoms. The Morgan fingerprint density at radius 2 is 2.00 bits per heavy atom.